The molecule has 76 valence electrons. The van der Waals surface area contributed by atoms with Gasteiger partial charge in [-0.1, -0.05) is 18.9 Å². The Bertz CT molecular complexity index is 147. The molecule has 0 aliphatic carbocycles. The van der Waals surface area contributed by atoms with Crippen LogP contribution in [-0.4, -0.2) is 22.7 Å². The van der Waals surface area contributed by atoms with Crippen molar-refractivity contribution >= 4 is 11.8 Å². The van der Waals surface area contributed by atoms with Gasteiger partial charge in [0.1, 0.15) is 0 Å². The first-order valence-corrected chi connectivity index (χ1v) is 6.36. The van der Waals surface area contributed by atoms with Gasteiger partial charge in [-0.3, -0.25) is 0 Å². The molecule has 0 spiro atoms. The summed E-state index contributed by atoms with van der Waals surface area (Å²) < 4.78 is 0. The van der Waals surface area contributed by atoms with Crippen molar-refractivity contribution in [2.75, 3.05) is 11.5 Å². The van der Waals surface area contributed by atoms with Crippen LogP contribution in [0, 0.1) is 5.92 Å². The summed E-state index contributed by atoms with van der Waals surface area (Å²) in [6, 6.07) is 0. The van der Waals surface area contributed by atoms with Crippen molar-refractivity contribution in [1.82, 2.24) is 0 Å². The van der Waals surface area contributed by atoms with Crippen LogP contribution in [0.15, 0.2) is 12.7 Å². The average Bonchev–Trinajstić information content (AvgIpc) is 2.52. The smallest absolute Gasteiger partial charge is 0.0666 e. The van der Waals surface area contributed by atoms with E-state index in [0.29, 0.717) is 5.92 Å². The minimum atomic E-state index is -0.0237. The lowest BCUT2D eigenvalue weighted by atomic mass is 9.98. The maximum absolute atomic E-state index is 9.55. The van der Waals surface area contributed by atoms with E-state index < -0.39 is 0 Å². The van der Waals surface area contributed by atoms with Crippen molar-refractivity contribution in [3.63, 3.8) is 0 Å². The van der Waals surface area contributed by atoms with Crippen LogP contribution in [-0.2, 0) is 0 Å². The molecule has 1 rings (SSSR count). The lowest BCUT2D eigenvalue weighted by Crippen LogP contribution is -2.17. The van der Waals surface area contributed by atoms with Crippen LogP contribution in [0.3, 0.4) is 0 Å². The zero-order chi connectivity index (χ0) is 9.52. The zero-order valence-electron chi connectivity index (χ0n) is 8.24. The third kappa shape index (κ3) is 4.19. The highest BCUT2D eigenvalue weighted by molar-refractivity contribution is 7.99. The number of aliphatic hydroxyl groups excluding tert-OH is 1. The van der Waals surface area contributed by atoms with E-state index >= 15 is 0 Å². The summed E-state index contributed by atoms with van der Waals surface area (Å²) in [6.07, 6.45) is 8.15. The molecule has 13 heavy (non-hydrogen) atoms. The van der Waals surface area contributed by atoms with E-state index in [1.807, 2.05) is 17.8 Å². The van der Waals surface area contributed by atoms with E-state index in [4.69, 9.17) is 0 Å². The second-order valence-electron chi connectivity index (χ2n) is 3.79. The molecule has 1 heterocycles. The molecule has 1 aliphatic heterocycles. The molecule has 0 saturated carbocycles. The summed E-state index contributed by atoms with van der Waals surface area (Å²) in [5, 5.41) is 9.55. The molecule has 1 aliphatic rings. The van der Waals surface area contributed by atoms with Gasteiger partial charge >= 0.3 is 0 Å². The second kappa shape index (κ2) is 6.50. The molecule has 2 atom stereocenters. The number of hydrogen-bond acceptors (Lipinski definition) is 2. The molecule has 0 amide bonds. The summed E-state index contributed by atoms with van der Waals surface area (Å²) >= 11 is 1.89. The number of unbranched alkanes of at least 4 members (excludes halogenated alkanes) is 3. The molecule has 2 unspecified atom stereocenters. The fourth-order valence-electron chi connectivity index (χ4n) is 1.74. The van der Waals surface area contributed by atoms with Gasteiger partial charge in [-0.05, 0) is 30.9 Å². The third-order valence-corrected chi connectivity index (χ3v) is 3.89. The van der Waals surface area contributed by atoms with E-state index in [-0.39, 0.29) is 6.10 Å². The molecule has 0 bridgehead atoms. The van der Waals surface area contributed by atoms with Gasteiger partial charge < -0.3 is 5.11 Å². The van der Waals surface area contributed by atoms with Crippen molar-refractivity contribution in [3.05, 3.63) is 12.7 Å². The quantitative estimate of drug-likeness (QED) is 0.525. The highest BCUT2D eigenvalue weighted by Crippen LogP contribution is 2.28. The van der Waals surface area contributed by atoms with Crippen molar-refractivity contribution in [1.29, 1.82) is 0 Å². The molecule has 1 nitrogen and oxygen atoms in total. The maximum Gasteiger partial charge on any atom is 0.0666 e. The van der Waals surface area contributed by atoms with Gasteiger partial charge in [-0.25, -0.2) is 0 Å². The molecular formula is C11H20OS. The lowest BCUT2D eigenvalue weighted by Gasteiger charge is -2.12. The third-order valence-electron chi connectivity index (χ3n) is 2.65. The van der Waals surface area contributed by atoms with E-state index in [2.05, 4.69) is 6.58 Å². The first-order valence-electron chi connectivity index (χ1n) is 5.21. The first kappa shape index (κ1) is 11.1. The van der Waals surface area contributed by atoms with Gasteiger partial charge in [-0.2, -0.15) is 11.8 Å². The summed E-state index contributed by atoms with van der Waals surface area (Å²) in [5.41, 5.74) is 0. The molecule has 1 fully saturated rings. The van der Waals surface area contributed by atoms with E-state index in [1.165, 1.54) is 31.4 Å². The van der Waals surface area contributed by atoms with E-state index in [1.54, 1.807) is 0 Å². The largest absolute Gasteiger partial charge is 0.392 e. The van der Waals surface area contributed by atoms with Crippen molar-refractivity contribution in [3.8, 4) is 0 Å². The minimum absolute atomic E-state index is 0.0237. The number of hydrogen-bond donors (Lipinski definition) is 1. The highest BCUT2D eigenvalue weighted by atomic mass is 32.2. The maximum atomic E-state index is 9.55. The van der Waals surface area contributed by atoms with Crippen molar-refractivity contribution in [2.45, 2.75) is 38.2 Å². The Morgan fingerprint density at radius 1 is 1.31 bits per heavy atom. The van der Waals surface area contributed by atoms with Crippen LogP contribution in [0.25, 0.3) is 0 Å². The topological polar surface area (TPSA) is 20.2 Å². The Morgan fingerprint density at radius 3 is 2.77 bits per heavy atom. The van der Waals surface area contributed by atoms with Crippen LogP contribution in [0.4, 0.5) is 0 Å². The fourth-order valence-corrected chi connectivity index (χ4v) is 3.08. The van der Waals surface area contributed by atoms with Crippen LogP contribution in [0.5, 0.6) is 0 Å². The van der Waals surface area contributed by atoms with Gasteiger partial charge in [0.2, 0.25) is 0 Å². The Morgan fingerprint density at radius 2 is 2.15 bits per heavy atom. The zero-order valence-corrected chi connectivity index (χ0v) is 9.06. The van der Waals surface area contributed by atoms with Crippen molar-refractivity contribution < 1.29 is 5.11 Å². The Balaban J connectivity index is 1.95. The molecule has 0 aromatic carbocycles. The SMILES string of the molecule is C=CCCCCCC1CSCC1O. The van der Waals surface area contributed by atoms with Crippen LogP contribution in [0.1, 0.15) is 32.1 Å². The standard InChI is InChI=1S/C11H20OS/c1-2-3-4-5-6-7-10-8-13-9-11(10)12/h2,10-12H,1,3-9H2. The average molecular weight is 200 g/mol. The second-order valence-corrected chi connectivity index (χ2v) is 4.87. The monoisotopic (exact) mass is 200 g/mol. The van der Waals surface area contributed by atoms with Gasteiger partial charge in [0.05, 0.1) is 6.10 Å². The summed E-state index contributed by atoms with van der Waals surface area (Å²) in [4.78, 5) is 0. The molecule has 0 aromatic rings. The van der Waals surface area contributed by atoms with Crippen LogP contribution < -0.4 is 0 Å². The molecule has 1 saturated heterocycles. The Hall–Kier alpha value is 0.0500. The minimum Gasteiger partial charge on any atom is -0.392 e. The van der Waals surface area contributed by atoms with Crippen molar-refractivity contribution in [2.24, 2.45) is 5.92 Å². The lowest BCUT2D eigenvalue weighted by molar-refractivity contribution is 0.143. The number of allylic oxidation sites excluding steroid dienone is 1. The summed E-state index contributed by atoms with van der Waals surface area (Å²) in [5.74, 6) is 2.70. The van der Waals surface area contributed by atoms with Gasteiger partial charge in [0, 0.05) is 5.75 Å². The number of aliphatic hydroxyl groups is 1. The Labute approximate surface area is 85.6 Å². The van der Waals surface area contributed by atoms with E-state index in [9.17, 15) is 5.11 Å². The summed E-state index contributed by atoms with van der Waals surface area (Å²) in [7, 11) is 0. The number of rotatable bonds is 6. The molecular weight excluding hydrogens is 180 g/mol. The summed E-state index contributed by atoms with van der Waals surface area (Å²) in [6.45, 7) is 3.70. The highest BCUT2D eigenvalue weighted by Gasteiger charge is 2.24. The van der Waals surface area contributed by atoms with Gasteiger partial charge in [0.15, 0.2) is 0 Å². The van der Waals surface area contributed by atoms with Crippen LogP contribution in [0.2, 0.25) is 0 Å². The molecule has 0 radical (unpaired) electrons. The number of thioether (sulfide) groups is 1. The predicted octanol–water partition coefficient (Wildman–Crippen LogP) is 2.85. The first-order chi connectivity index (χ1) is 6.34. The van der Waals surface area contributed by atoms with E-state index in [0.717, 1.165) is 12.2 Å². The van der Waals surface area contributed by atoms with Gasteiger partial charge in [0.25, 0.3) is 0 Å². The molecule has 2 heteroatoms. The predicted molar refractivity (Wildman–Crippen MR) is 60.1 cm³/mol. The molecule has 1 N–H and O–H groups in total. The van der Waals surface area contributed by atoms with Gasteiger partial charge in [-0.15, -0.1) is 6.58 Å². The fraction of sp³-hybridized carbons (Fsp3) is 0.818. The normalized spacial score (nSPS) is 27.8. The molecule has 0 aromatic heterocycles. The Kier molecular flexibility index (Phi) is 5.56. The van der Waals surface area contributed by atoms with Crippen LogP contribution >= 0.6 is 11.8 Å².